The summed E-state index contributed by atoms with van der Waals surface area (Å²) in [6, 6.07) is 0. The second-order valence-electron chi connectivity index (χ2n) is 5.66. The molecule has 0 aliphatic rings. The van der Waals surface area contributed by atoms with Gasteiger partial charge in [0.05, 0.1) is 0 Å². The average molecular weight is 290 g/mol. The van der Waals surface area contributed by atoms with E-state index in [4.69, 9.17) is 0 Å². The van der Waals surface area contributed by atoms with Gasteiger partial charge < -0.3 is 0 Å². The summed E-state index contributed by atoms with van der Waals surface area (Å²) >= 11 is 0. The van der Waals surface area contributed by atoms with Gasteiger partial charge >= 0.3 is 0 Å². The Bertz CT molecular complexity index is 286. The molecule has 0 amide bonds. The van der Waals surface area contributed by atoms with Crippen LogP contribution in [0.25, 0.3) is 0 Å². The second-order valence-corrected chi connectivity index (χ2v) is 5.66. The molecule has 0 aliphatic carbocycles. The van der Waals surface area contributed by atoms with Crippen LogP contribution in [-0.2, 0) is 4.79 Å². The molecule has 0 aliphatic heterocycles. The maximum absolute atomic E-state index is 10.0. The van der Waals surface area contributed by atoms with E-state index >= 15 is 0 Å². The lowest BCUT2D eigenvalue weighted by Gasteiger charge is -2.01. The van der Waals surface area contributed by atoms with E-state index in [2.05, 4.69) is 19.1 Å². The van der Waals surface area contributed by atoms with Crippen molar-refractivity contribution in [3.63, 3.8) is 0 Å². The van der Waals surface area contributed by atoms with Gasteiger partial charge in [-0.1, -0.05) is 102 Å². The van der Waals surface area contributed by atoms with Crippen LogP contribution in [0.5, 0.6) is 0 Å². The average Bonchev–Trinajstić information content (AvgIpc) is 2.50. The van der Waals surface area contributed by atoms with Gasteiger partial charge in [-0.25, -0.2) is 0 Å². The van der Waals surface area contributed by atoms with E-state index in [-0.39, 0.29) is 0 Å². The van der Waals surface area contributed by atoms with Crippen molar-refractivity contribution in [3.8, 4) is 0 Å². The van der Waals surface area contributed by atoms with Crippen molar-refractivity contribution in [1.29, 1.82) is 0 Å². The quantitative estimate of drug-likeness (QED) is 0.144. The summed E-state index contributed by atoms with van der Waals surface area (Å²) in [5, 5.41) is 0. The van der Waals surface area contributed by atoms with Crippen LogP contribution >= 0.6 is 0 Å². The molecule has 0 unspecified atom stereocenters. The summed E-state index contributed by atoms with van der Waals surface area (Å²) in [6.07, 6.45) is 28.7. The van der Waals surface area contributed by atoms with E-state index < -0.39 is 0 Å². The standard InChI is InChI=1S/C20H34O/c1-2-3-4-5-6-7-8-9-10-11-12-13-14-15-16-17-18-19-20-21/h14-20H,2-13H2,1H3/b15-14+,17-16+,19-18+. The minimum atomic E-state index is 0.791. The topological polar surface area (TPSA) is 17.1 Å². The van der Waals surface area contributed by atoms with Crippen molar-refractivity contribution in [3.05, 3.63) is 36.5 Å². The Morgan fingerprint density at radius 3 is 1.62 bits per heavy atom. The van der Waals surface area contributed by atoms with Crippen LogP contribution in [0.2, 0.25) is 0 Å². The SMILES string of the molecule is CCCCCCCCCCCCC/C=C/C=C/C=C/C=O. The molecule has 0 spiro atoms. The summed E-state index contributed by atoms with van der Waals surface area (Å²) < 4.78 is 0. The third-order valence-electron chi connectivity index (χ3n) is 3.63. The van der Waals surface area contributed by atoms with Crippen molar-refractivity contribution in [2.24, 2.45) is 0 Å². The number of rotatable bonds is 15. The Kier molecular flexibility index (Phi) is 17.9. The maximum atomic E-state index is 10.0. The molecule has 120 valence electrons. The van der Waals surface area contributed by atoms with Gasteiger partial charge in [-0.2, -0.15) is 0 Å². The smallest absolute Gasteiger partial charge is 0.142 e. The lowest BCUT2D eigenvalue weighted by molar-refractivity contribution is -0.104. The van der Waals surface area contributed by atoms with Crippen molar-refractivity contribution in [2.75, 3.05) is 0 Å². The second kappa shape index (κ2) is 18.9. The van der Waals surface area contributed by atoms with Crippen LogP contribution < -0.4 is 0 Å². The van der Waals surface area contributed by atoms with Gasteiger partial charge in [-0.15, -0.1) is 0 Å². The van der Waals surface area contributed by atoms with E-state index in [9.17, 15) is 4.79 Å². The highest BCUT2D eigenvalue weighted by Gasteiger charge is 1.92. The number of unbranched alkanes of at least 4 members (excludes halogenated alkanes) is 11. The molecule has 0 fully saturated rings. The molecule has 0 aromatic heterocycles. The molecular formula is C20H34O. The van der Waals surface area contributed by atoms with Crippen LogP contribution in [-0.4, -0.2) is 6.29 Å². The molecule has 0 radical (unpaired) electrons. The Hall–Kier alpha value is -1.11. The Balaban J connectivity index is 3.15. The number of allylic oxidation sites excluding steroid dienone is 6. The Morgan fingerprint density at radius 1 is 0.571 bits per heavy atom. The molecule has 0 bridgehead atoms. The summed E-state index contributed by atoms with van der Waals surface area (Å²) in [5.41, 5.74) is 0. The van der Waals surface area contributed by atoms with E-state index in [1.54, 1.807) is 6.08 Å². The number of carbonyl (C=O) groups is 1. The molecule has 0 N–H and O–H groups in total. The molecule has 0 saturated carbocycles. The van der Waals surface area contributed by atoms with Gasteiger partial charge in [-0.3, -0.25) is 4.79 Å². The molecule has 1 nitrogen and oxygen atoms in total. The Morgan fingerprint density at radius 2 is 1.05 bits per heavy atom. The number of hydrogen-bond acceptors (Lipinski definition) is 1. The minimum absolute atomic E-state index is 0.791. The zero-order chi connectivity index (χ0) is 15.4. The van der Waals surface area contributed by atoms with Gasteiger partial charge in [0.1, 0.15) is 6.29 Å². The van der Waals surface area contributed by atoms with Crippen LogP contribution in [0.1, 0.15) is 84.0 Å². The molecule has 0 aromatic rings. The summed E-state index contributed by atoms with van der Waals surface area (Å²) in [7, 11) is 0. The number of hydrogen-bond donors (Lipinski definition) is 0. The highest BCUT2D eigenvalue weighted by atomic mass is 16.1. The molecule has 0 aromatic carbocycles. The summed E-state index contributed by atoms with van der Waals surface area (Å²) in [6.45, 7) is 2.27. The van der Waals surface area contributed by atoms with Gasteiger partial charge in [0.25, 0.3) is 0 Å². The van der Waals surface area contributed by atoms with Crippen molar-refractivity contribution < 1.29 is 4.79 Å². The molecule has 0 saturated heterocycles. The number of carbonyl (C=O) groups excluding carboxylic acids is 1. The lowest BCUT2D eigenvalue weighted by atomic mass is 10.1. The molecule has 21 heavy (non-hydrogen) atoms. The predicted octanol–water partition coefficient (Wildman–Crippen LogP) is 6.56. The van der Waals surface area contributed by atoms with Crippen molar-refractivity contribution in [2.45, 2.75) is 84.0 Å². The molecule has 1 heteroatoms. The fourth-order valence-corrected chi connectivity index (χ4v) is 2.34. The van der Waals surface area contributed by atoms with E-state index in [0.29, 0.717) is 0 Å². The zero-order valence-corrected chi connectivity index (χ0v) is 13.9. The molecule has 0 atom stereocenters. The first-order valence-electron chi connectivity index (χ1n) is 8.85. The predicted molar refractivity (Wildman–Crippen MR) is 94.6 cm³/mol. The van der Waals surface area contributed by atoms with E-state index in [1.165, 1.54) is 83.1 Å². The largest absolute Gasteiger partial charge is 0.299 e. The first kappa shape index (κ1) is 19.9. The van der Waals surface area contributed by atoms with Crippen LogP contribution in [0, 0.1) is 0 Å². The lowest BCUT2D eigenvalue weighted by Crippen LogP contribution is -1.81. The molecule has 0 heterocycles. The Labute approximate surface area is 132 Å². The third kappa shape index (κ3) is 18.9. The minimum Gasteiger partial charge on any atom is -0.299 e. The van der Waals surface area contributed by atoms with E-state index in [1.807, 2.05) is 12.2 Å². The van der Waals surface area contributed by atoms with Crippen molar-refractivity contribution >= 4 is 6.29 Å². The van der Waals surface area contributed by atoms with Gasteiger partial charge in [-0.05, 0) is 18.9 Å². The maximum Gasteiger partial charge on any atom is 0.142 e. The molecular weight excluding hydrogens is 256 g/mol. The normalized spacial score (nSPS) is 12.0. The highest BCUT2D eigenvalue weighted by Crippen LogP contribution is 2.11. The first-order valence-corrected chi connectivity index (χ1v) is 8.85. The highest BCUT2D eigenvalue weighted by molar-refractivity contribution is 5.65. The van der Waals surface area contributed by atoms with Gasteiger partial charge in [0.15, 0.2) is 0 Å². The van der Waals surface area contributed by atoms with Crippen molar-refractivity contribution in [1.82, 2.24) is 0 Å². The monoisotopic (exact) mass is 290 g/mol. The van der Waals surface area contributed by atoms with Crippen LogP contribution in [0.15, 0.2) is 36.5 Å². The van der Waals surface area contributed by atoms with Crippen LogP contribution in [0.3, 0.4) is 0 Å². The van der Waals surface area contributed by atoms with Crippen LogP contribution in [0.4, 0.5) is 0 Å². The summed E-state index contributed by atoms with van der Waals surface area (Å²) in [4.78, 5) is 10.0. The third-order valence-corrected chi connectivity index (χ3v) is 3.63. The first-order chi connectivity index (χ1) is 10.4. The number of aldehydes is 1. The van der Waals surface area contributed by atoms with Gasteiger partial charge in [0, 0.05) is 0 Å². The van der Waals surface area contributed by atoms with E-state index in [0.717, 1.165) is 6.29 Å². The fourth-order valence-electron chi connectivity index (χ4n) is 2.34. The fraction of sp³-hybridized carbons (Fsp3) is 0.650. The molecule has 0 rings (SSSR count). The summed E-state index contributed by atoms with van der Waals surface area (Å²) in [5.74, 6) is 0. The van der Waals surface area contributed by atoms with Gasteiger partial charge in [0.2, 0.25) is 0 Å². The zero-order valence-electron chi connectivity index (χ0n) is 13.9.